The number of benzene rings is 1. The Balaban J connectivity index is 1.88. The van der Waals surface area contributed by atoms with E-state index in [1.165, 1.54) is 12.5 Å². The highest BCUT2D eigenvalue weighted by Crippen LogP contribution is 2.30. The fourth-order valence-corrected chi connectivity index (χ4v) is 2.58. The minimum atomic E-state index is -1.36. The van der Waals surface area contributed by atoms with Gasteiger partial charge in [-0.25, -0.2) is 15.0 Å². The van der Waals surface area contributed by atoms with Crippen molar-refractivity contribution in [1.29, 1.82) is 0 Å². The summed E-state index contributed by atoms with van der Waals surface area (Å²) in [7, 11) is 0. The lowest BCUT2D eigenvalue weighted by Crippen LogP contribution is -2.23. The van der Waals surface area contributed by atoms with Crippen LogP contribution in [-0.2, 0) is 5.60 Å². The molecule has 0 saturated carbocycles. The number of nitrogens with zero attached hydrogens (tertiary/aromatic N) is 5. The Hall–Kier alpha value is -3.26. The first-order chi connectivity index (χ1) is 11.6. The topological polar surface area (TPSA) is 116 Å². The lowest BCUT2D eigenvalue weighted by molar-refractivity contribution is 0.0709. The maximum atomic E-state index is 10.8. The summed E-state index contributed by atoms with van der Waals surface area (Å²) in [6.45, 7) is 1.63. The number of anilines is 1. The molecule has 4 rings (SSSR count). The molecule has 8 nitrogen and oxygen atoms in total. The van der Waals surface area contributed by atoms with Gasteiger partial charge in [-0.05, 0) is 30.7 Å². The lowest BCUT2D eigenvalue weighted by atomic mass is 9.95. The number of hydrogen-bond donors (Lipinski definition) is 2. The number of nitrogens with two attached hydrogens (primary N) is 1. The van der Waals surface area contributed by atoms with Crippen LogP contribution in [0.2, 0.25) is 0 Å². The average Bonchev–Trinajstić information content (AvgIpc) is 3.24. The molecule has 0 bridgehead atoms. The summed E-state index contributed by atoms with van der Waals surface area (Å²) in [4.78, 5) is 16.5. The zero-order chi connectivity index (χ0) is 16.7. The van der Waals surface area contributed by atoms with Crippen LogP contribution in [0.1, 0.15) is 18.4 Å². The van der Waals surface area contributed by atoms with E-state index in [4.69, 9.17) is 10.2 Å². The van der Waals surface area contributed by atoms with Crippen LogP contribution in [0.4, 0.5) is 5.95 Å². The lowest BCUT2D eigenvalue weighted by Gasteiger charge is -2.20. The third-order valence-corrected chi connectivity index (χ3v) is 3.86. The van der Waals surface area contributed by atoms with Gasteiger partial charge < -0.3 is 15.3 Å². The predicted octanol–water partition coefficient (Wildman–Crippen LogP) is 1.64. The number of nitrogen functional groups attached to an aromatic ring is 1. The van der Waals surface area contributed by atoms with E-state index < -0.39 is 5.60 Å². The zero-order valence-electron chi connectivity index (χ0n) is 12.8. The highest BCUT2D eigenvalue weighted by Gasteiger charge is 2.31. The molecule has 0 aliphatic rings. The van der Waals surface area contributed by atoms with E-state index in [1.807, 2.05) is 12.1 Å². The molecule has 1 aromatic carbocycles. The molecule has 8 heteroatoms. The monoisotopic (exact) mass is 322 g/mol. The van der Waals surface area contributed by atoms with Crippen molar-refractivity contribution in [2.75, 3.05) is 5.73 Å². The second-order valence-corrected chi connectivity index (χ2v) is 5.50. The Morgan fingerprint density at radius 3 is 2.79 bits per heavy atom. The van der Waals surface area contributed by atoms with Gasteiger partial charge in [-0.2, -0.15) is 4.98 Å². The summed E-state index contributed by atoms with van der Waals surface area (Å²) in [6, 6.07) is 7.17. The van der Waals surface area contributed by atoms with Gasteiger partial charge in [0, 0.05) is 6.20 Å². The molecule has 0 fully saturated rings. The summed E-state index contributed by atoms with van der Waals surface area (Å²) in [5.74, 6) is 0.995. The highest BCUT2D eigenvalue weighted by atomic mass is 16.4. The molecule has 1 unspecified atom stereocenters. The number of fused-ring (bicyclic) bond motifs is 1. The zero-order valence-corrected chi connectivity index (χ0v) is 12.8. The molecule has 3 N–H and O–H groups in total. The van der Waals surface area contributed by atoms with E-state index >= 15 is 0 Å². The fourth-order valence-electron chi connectivity index (χ4n) is 2.58. The van der Waals surface area contributed by atoms with Crippen molar-refractivity contribution in [2.24, 2.45) is 0 Å². The van der Waals surface area contributed by atoms with Crippen molar-refractivity contribution >= 4 is 17.0 Å². The Labute approximate surface area is 136 Å². The van der Waals surface area contributed by atoms with Gasteiger partial charge in [0.05, 0.1) is 17.2 Å². The summed E-state index contributed by atoms with van der Waals surface area (Å²) < 4.78 is 7.04. The normalized spacial score (nSPS) is 13.9. The SMILES string of the molecule is CC(O)(c1ccc2ncn(-c3ccnc(N)n3)c2c1)c1ncco1. The molecule has 0 aliphatic heterocycles. The minimum absolute atomic E-state index is 0.178. The van der Waals surface area contributed by atoms with E-state index in [9.17, 15) is 5.11 Å². The molecule has 24 heavy (non-hydrogen) atoms. The van der Waals surface area contributed by atoms with E-state index in [-0.39, 0.29) is 11.8 Å². The summed E-state index contributed by atoms with van der Waals surface area (Å²) in [6.07, 6.45) is 6.15. The van der Waals surface area contributed by atoms with Crippen LogP contribution < -0.4 is 5.73 Å². The third kappa shape index (κ3) is 2.20. The summed E-state index contributed by atoms with van der Waals surface area (Å²) in [5.41, 5.74) is 6.46. The third-order valence-electron chi connectivity index (χ3n) is 3.86. The molecule has 0 radical (unpaired) electrons. The van der Waals surface area contributed by atoms with E-state index in [0.29, 0.717) is 11.4 Å². The van der Waals surface area contributed by atoms with Crippen LogP contribution in [0.15, 0.2) is 53.7 Å². The van der Waals surface area contributed by atoms with E-state index in [1.54, 1.807) is 36.1 Å². The molecule has 0 aliphatic carbocycles. The van der Waals surface area contributed by atoms with Crippen molar-refractivity contribution in [3.8, 4) is 5.82 Å². The second-order valence-electron chi connectivity index (χ2n) is 5.50. The first-order valence-electron chi connectivity index (χ1n) is 7.24. The van der Waals surface area contributed by atoms with E-state index in [2.05, 4.69) is 19.9 Å². The Morgan fingerprint density at radius 1 is 1.17 bits per heavy atom. The van der Waals surface area contributed by atoms with Crippen LogP contribution in [0.25, 0.3) is 16.9 Å². The standard InChI is InChI=1S/C16H14N6O2/c1-16(23,14-18-6-7-24-14)10-2-3-11-12(8-10)22(9-20-11)13-4-5-19-15(17)21-13/h2-9,23H,1H3,(H2,17,19,21). The molecular formula is C16H14N6O2. The van der Waals surface area contributed by atoms with Crippen molar-refractivity contribution in [3.05, 3.63) is 60.7 Å². The molecule has 1 atom stereocenters. The molecule has 3 aromatic heterocycles. The van der Waals surface area contributed by atoms with Crippen molar-refractivity contribution in [1.82, 2.24) is 24.5 Å². The number of imidazole rings is 1. The van der Waals surface area contributed by atoms with Crippen LogP contribution in [0, 0.1) is 0 Å². The Bertz CT molecular complexity index is 1010. The van der Waals surface area contributed by atoms with Crippen LogP contribution in [-0.4, -0.2) is 29.6 Å². The smallest absolute Gasteiger partial charge is 0.230 e. The largest absolute Gasteiger partial charge is 0.446 e. The van der Waals surface area contributed by atoms with Gasteiger partial charge in [-0.15, -0.1) is 0 Å². The summed E-state index contributed by atoms with van der Waals surface area (Å²) in [5, 5.41) is 10.8. The molecular weight excluding hydrogens is 308 g/mol. The molecule has 0 saturated heterocycles. The van der Waals surface area contributed by atoms with Gasteiger partial charge in [-0.3, -0.25) is 4.57 Å². The highest BCUT2D eigenvalue weighted by molar-refractivity contribution is 5.78. The van der Waals surface area contributed by atoms with E-state index in [0.717, 1.165) is 11.0 Å². The summed E-state index contributed by atoms with van der Waals surface area (Å²) >= 11 is 0. The number of hydrogen-bond acceptors (Lipinski definition) is 7. The van der Waals surface area contributed by atoms with Crippen molar-refractivity contribution < 1.29 is 9.52 Å². The average molecular weight is 322 g/mol. The van der Waals surface area contributed by atoms with Gasteiger partial charge in [0.15, 0.2) is 5.60 Å². The first kappa shape index (κ1) is 14.3. The van der Waals surface area contributed by atoms with Gasteiger partial charge >= 0.3 is 0 Å². The number of oxazole rings is 1. The van der Waals surface area contributed by atoms with Gasteiger partial charge in [0.2, 0.25) is 11.8 Å². The number of rotatable bonds is 3. The molecule has 0 spiro atoms. The molecule has 3 heterocycles. The maximum absolute atomic E-state index is 10.8. The van der Waals surface area contributed by atoms with Gasteiger partial charge in [0.25, 0.3) is 0 Å². The fraction of sp³-hybridized carbons (Fsp3) is 0.125. The number of aromatic nitrogens is 5. The molecule has 4 aromatic rings. The van der Waals surface area contributed by atoms with Crippen LogP contribution in [0.3, 0.4) is 0 Å². The van der Waals surface area contributed by atoms with Crippen molar-refractivity contribution in [2.45, 2.75) is 12.5 Å². The Kier molecular flexibility index (Phi) is 3.07. The van der Waals surface area contributed by atoms with Crippen LogP contribution >= 0.6 is 0 Å². The second kappa shape index (κ2) is 5.14. The van der Waals surface area contributed by atoms with Crippen LogP contribution in [0.5, 0.6) is 0 Å². The van der Waals surface area contributed by atoms with Gasteiger partial charge in [0.1, 0.15) is 18.4 Å². The molecule has 0 amide bonds. The first-order valence-corrected chi connectivity index (χ1v) is 7.24. The maximum Gasteiger partial charge on any atom is 0.230 e. The minimum Gasteiger partial charge on any atom is -0.446 e. The quantitative estimate of drug-likeness (QED) is 0.589. The predicted molar refractivity (Wildman–Crippen MR) is 86.2 cm³/mol. The molecule has 120 valence electrons. The Morgan fingerprint density at radius 2 is 2.04 bits per heavy atom. The number of aliphatic hydroxyl groups is 1. The van der Waals surface area contributed by atoms with Gasteiger partial charge in [-0.1, -0.05) is 6.07 Å². The van der Waals surface area contributed by atoms with Crippen molar-refractivity contribution in [3.63, 3.8) is 0 Å².